The highest BCUT2D eigenvalue weighted by atomic mass is 32.2. The Morgan fingerprint density at radius 2 is 1.40 bits per heavy atom. The van der Waals surface area contributed by atoms with Gasteiger partial charge in [-0.15, -0.1) is 0 Å². The molecule has 296 valence electrons. The quantitative estimate of drug-likeness (QED) is 0.0551. The number of aryl methyl sites for hydroxylation is 2. The highest BCUT2D eigenvalue weighted by Gasteiger charge is 2.42. The summed E-state index contributed by atoms with van der Waals surface area (Å²) in [4.78, 5) is 66.4. The number of nitrogens with one attached hydrogen (secondary N) is 6. The van der Waals surface area contributed by atoms with E-state index in [1.807, 2.05) is 40.2 Å². The SMILES string of the molecule is CCC(=O)NCCCn1cnc(C[C@H](NC)C(=O)OC)c1.CN[C@@H](Cc1cn(CCCNC(=O)CCCCC2SC[C@@H]3NC(=O)N[C@H]23)cn1)C(=O)OC. The number of esters is 2. The number of hydrogen-bond acceptors (Lipinski definition) is 12. The monoisotopic (exact) mass is 762 g/mol. The summed E-state index contributed by atoms with van der Waals surface area (Å²) < 4.78 is 13.4. The van der Waals surface area contributed by atoms with Gasteiger partial charge in [-0.25, -0.2) is 14.8 Å². The minimum absolute atomic E-state index is 0.0556. The van der Waals surface area contributed by atoms with E-state index < -0.39 is 6.04 Å². The van der Waals surface area contributed by atoms with Gasteiger partial charge in [-0.2, -0.15) is 11.8 Å². The molecule has 2 aromatic heterocycles. The molecule has 4 rings (SSSR count). The Morgan fingerprint density at radius 1 is 0.849 bits per heavy atom. The van der Waals surface area contributed by atoms with Gasteiger partial charge >= 0.3 is 18.0 Å². The van der Waals surface area contributed by atoms with E-state index in [2.05, 4.69) is 41.9 Å². The summed E-state index contributed by atoms with van der Waals surface area (Å²) in [5.74, 6) is 0.511. The van der Waals surface area contributed by atoms with E-state index in [9.17, 15) is 24.0 Å². The number of nitrogens with zero attached hydrogens (tertiary/aromatic N) is 4. The number of ether oxygens (including phenoxy) is 2. The molecule has 2 aliphatic rings. The van der Waals surface area contributed by atoms with Gasteiger partial charge in [-0.05, 0) is 39.8 Å². The number of imidazole rings is 2. The summed E-state index contributed by atoms with van der Waals surface area (Å²) in [5.41, 5.74) is 1.65. The fourth-order valence-corrected chi connectivity index (χ4v) is 7.59. The maximum absolute atomic E-state index is 12.1. The van der Waals surface area contributed by atoms with Crippen molar-refractivity contribution in [3.8, 4) is 0 Å². The van der Waals surface area contributed by atoms with Crippen LogP contribution in [-0.4, -0.2) is 125 Å². The Hall–Kier alpha value is -4.16. The van der Waals surface area contributed by atoms with Gasteiger partial charge < -0.3 is 50.5 Å². The summed E-state index contributed by atoms with van der Waals surface area (Å²) in [5, 5.41) is 18.0. The molecule has 0 aromatic carbocycles. The van der Waals surface area contributed by atoms with Crippen molar-refractivity contribution in [2.24, 2.45) is 0 Å². The zero-order chi connectivity index (χ0) is 38.6. The number of carbonyl (C=O) groups is 5. The molecule has 53 heavy (non-hydrogen) atoms. The number of hydrogen-bond donors (Lipinski definition) is 6. The zero-order valence-electron chi connectivity index (χ0n) is 31.7. The van der Waals surface area contributed by atoms with Gasteiger partial charge in [-0.1, -0.05) is 13.3 Å². The lowest BCUT2D eigenvalue weighted by atomic mass is 10.0. The normalized spacial score (nSPS) is 18.4. The third-order valence-corrected chi connectivity index (χ3v) is 10.6. The first kappa shape index (κ1) is 43.2. The topological polar surface area (TPSA) is 212 Å². The van der Waals surface area contributed by atoms with Crippen LogP contribution in [0.2, 0.25) is 0 Å². The maximum Gasteiger partial charge on any atom is 0.323 e. The van der Waals surface area contributed by atoms with Crippen LogP contribution >= 0.6 is 11.8 Å². The Bertz CT molecular complexity index is 1450. The van der Waals surface area contributed by atoms with E-state index in [0.717, 1.165) is 62.3 Å². The highest BCUT2D eigenvalue weighted by Crippen LogP contribution is 2.33. The van der Waals surface area contributed by atoms with Crippen molar-refractivity contribution >= 4 is 41.5 Å². The standard InChI is InChI=1S/C21H34N6O4S.C14H24N4O3/c1-22-15(20(29)31-2)10-14-11-27(13-24-14)9-5-8-23-18(28)7-4-3-6-17-19-16(12-32-17)25-21(30)26-19;1-4-13(19)16-6-5-7-18-9-11(17-10-18)8-12(15-2)14(20)21-3/h11,13,15-17,19,22H,3-10,12H2,1-2H3,(H,23,28)(H2,25,26,30);9-10,12,15H,4-8H2,1-3H3,(H,16,19)/t15-,16-,17?,19-;12-/m00/s1. The molecule has 4 amide bonds. The lowest BCUT2D eigenvalue weighted by Gasteiger charge is -2.16. The number of rotatable bonds is 22. The predicted octanol–water partition coefficient (Wildman–Crippen LogP) is 0.522. The number of aromatic nitrogens is 4. The van der Waals surface area contributed by atoms with Crippen molar-refractivity contribution in [1.82, 2.24) is 51.0 Å². The van der Waals surface area contributed by atoms with Crippen molar-refractivity contribution in [3.63, 3.8) is 0 Å². The first-order chi connectivity index (χ1) is 25.6. The van der Waals surface area contributed by atoms with Gasteiger partial charge in [0.1, 0.15) is 12.1 Å². The van der Waals surface area contributed by atoms with Crippen LogP contribution in [0.25, 0.3) is 0 Å². The summed E-state index contributed by atoms with van der Waals surface area (Å²) in [7, 11) is 6.18. The van der Waals surface area contributed by atoms with Gasteiger partial charge in [0.05, 0.1) is 50.3 Å². The average molecular weight is 763 g/mol. The van der Waals surface area contributed by atoms with E-state index in [1.54, 1.807) is 26.7 Å². The molecule has 4 heterocycles. The fourth-order valence-electron chi connectivity index (χ4n) is 6.04. The Kier molecular flexibility index (Phi) is 19.2. The van der Waals surface area contributed by atoms with Crippen LogP contribution in [0.5, 0.6) is 0 Å². The molecule has 0 saturated carbocycles. The molecule has 0 bridgehead atoms. The molecule has 18 heteroatoms. The van der Waals surface area contributed by atoms with Crippen molar-refractivity contribution in [2.75, 3.05) is 47.2 Å². The summed E-state index contributed by atoms with van der Waals surface area (Å²) in [6, 6.07) is -0.369. The second kappa shape index (κ2) is 23.5. The number of urea groups is 1. The van der Waals surface area contributed by atoms with Crippen LogP contribution in [-0.2, 0) is 54.6 Å². The van der Waals surface area contributed by atoms with E-state index in [1.165, 1.54) is 14.2 Å². The molecule has 0 spiro atoms. The third-order valence-electron chi connectivity index (χ3n) is 9.10. The fraction of sp³-hybridized carbons (Fsp3) is 0.686. The van der Waals surface area contributed by atoms with Gasteiger partial charge in [-0.3, -0.25) is 19.2 Å². The molecule has 2 fully saturated rings. The number of unbranched alkanes of at least 4 members (excludes halogenated alkanes) is 1. The molecule has 1 unspecified atom stereocenters. The molecule has 17 nitrogen and oxygen atoms in total. The van der Waals surface area contributed by atoms with Crippen LogP contribution in [0.3, 0.4) is 0 Å². The molecule has 6 N–H and O–H groups in total. The third kappa shape index (κ3) is 15.0. The average Bonchev–Trinajstić information content (AvgIpc) is 3.97. The second-order valence-corrected chi connectivity index (χ2v) is 14.2. The molecule has 0 radical (unpaired) electrons. The van der Waals surface area contributed by atoms with E-state index in [0.29, 0.717) is 44.0 Å². The van der Waals surface area contributed by atoms with Crippen molar-refractivity contribution in [3.05, 3.63) is 36.4 Å². The Balaban J connectivity index is 0.000000313. The molecule has 0 aliphatic carbocycles. The highest BCUT2D eigenvalue weighted by molar-refractivity contribution is 8.00. The van der Waals surface area contributed by atoms with Gasteiger partial charge in [0, 0.05) is 75.3 Å². The first-order valence-electron chi connectivity index (χ1n) is 18.3. The van der Waals surface area contributed by atoms with E-state index >= 15 is 0 Å². The van der Waals surface area contributed by atoms with Crippen molar-refractivity contribution in [1.29, 1.82) is 0 Å². The number of likely N-dealkylation sites (N-methyl/N-ethyl adjacent to an activating group) is 2. The van der Waals surface area contributed by atoms with Gasteiger partial charge in [0.15, 0.2) is 0 Å². The lowest BCUT2D eigenvalue weighted by molar-refractivity contribution is -0.143. The Labute approximate surface area is 316 Å². The minimum atomic E-state index is -0.412. The van der Waals surface area contributed by atoms with Crippen LogP contribution < -0.4 is 31.9 Å². The second-order valence-electron chi connectivity index (χ2n) is 13.0. The van der Waals surface area contributed by atoms with Crippen LogP contribution in [0, 0.1) is 0 Å². The minimum Gasteiger partial charge on any atom is -0.468 e. The van der Waals surface area contributed by atoms with Crippen molar-refractivity contribution < 1.29 is 33.4 Å². The zero-order valence-corrected chi connectivity index (χ0v) is 32.5. The van der Waals surface area contributed by atoms with Crippen LogP contribution in [0.4, 0.5) is 4.79 Å². The predicted molar refractivity (Wildman–Crippen MR) is 201 cm³/mol. The van der Waals surface area contributed by atoms with E-state index in [4.69, 9.17) is 9.47 Å². The summed E-state index contributed by atoms with van der Waals surface area (Å²) in [6.45, 7) is 4.63. The molecular formula is C35H58N10O7S. The molecule has 2 aromatic rings. The summed E-state index contributed by atoms with van der Waals surface area (Å²) >= 11 is 1.91. The number of methoxy groups -OCH3 is 2. The van der Waals surface area contributed by atoms with Crippen LogP contribution in [0.15, 0.2) is 25.0 Å². The van der Waals surface area contributed by atoms with Crippen LogP contribution in [0.1, 0.15) is 63.3 Å². The lowest BCUT2D eigenvalue weighted by Crippen LogP contribution is -2.37. The van der Waals surface area contributed by atoms with Crippen molar-refractivity contribution in [2.45, 2.75) is 107 Å². The smallest absolute Gasteiger partial charge is 0.323 e. The molecular weight excluding hydrogens is 705 g/mol. The van der Waals surface area contributed by atoms with Gasteiger partial charge in [0.25, 0.3) is 0 Å². The maximum atomic E-state index is 12.1. The molecule has 2 saturated heterocycles. The molecule has 2 aliphatic heterocycles. The summed E-state index contributed by atoms with van der Waals surface area (Å²) in [6.07, 6.45) is 13.8. The number of fused-ring (bicyclic) bond motifs is 1. The number of carbonyl (C=O) groups excluding carboxylic acids is 5. The largest absolute Gasteiger partial charge is 0.468 e. The Morgan fingerprint density at radius 3 is 1.91 bits per heavy atom. The van der Waals surface area contributed by atoms with E-state index in [-0.39, 0.29) is 47.9 Å². The molecule has 5 atom stereocenters. The number of amides is 4. The van der Waals surface area contributed by atoms with Gasteiger partial charge in [0.2, 0.25) is 11.8 Å². The number of thioether (sulfide) groups is 1. The first-order valence-corrected chi connectivity index (χ1v) is 19.4.